The monoisotopic (exact) mass is 341 g/mol. The Morgan fingerprint density at radius 2 is 1.96 bits per heavy atom. The summed E-state index contributed by atoms with van der Waals surface area (Å²) in [4.78, 5) is 21.0. The number of rotatable bonds is 5. The summed E-state index contributed by atoms with van der Waals surface area (Å²) in [6.07, 6.45) is 2.81. The van der Waals surface area contributed by atoms with Crippen LogP contribution in [0.2, 0.25) is 0 Å². The number of hydrogen-bond donors (Lipinski definition) is 1. The van der Waals surface area contributed by atoms with Crippen LogP contribution < -0.4 is 0 Å². The SMILES string of the molecule is Cc1[nH]c2ccccc2c1C(=O)CN1CCN(C[C@H]2CCCO2)CC1. The molecule has 2 saturated heterocycles. The van der Waals surface area contributed by atoms with Gasteiger partial charge in [0, 0.05) is 61.5 Å². The maximum absolute atomic E-state index is 12.9. The van der Waals surface area contributed by atoms with Crippen molar-refractivity contribution in [1.82, 2.24) is 14.8 Å². The molecule has 0 amide bonds. The fourth-order valence-corrected chi connectivity index (χ4v) is 4.12. The van der Waals surface area contributed by atoms with Crippen LogP contribution in [0, 0.1) is 6.92 Å². The summed E-state index contributed by atoms with van der Waals surface area (Å²) in [6, 6.07) is 8.06. The van der Waals surface area contributed by atoms with E-state index in [1.54, 1.807) is 0 Å². The number of nitrogens with one attached hydrogen (secondary N) is 1. The van der Waals surface area contributed by atoms with Gasteiger partial charge in [0.15, 0.2) is 5.78 Å². The maximum atomic E-state index is 12.9. The molecule has 1 N–H and O–H groups in total. The first-order chi connectivity index (χ1) is 12.2. The molecule has 5 heteroatoms. The van der Waals surface area contributed by atoms with E-state index in [1.807, 2.05) is 31.2 Å². The van der Waals surface area contributed by atoms with Crippen LogP contribution in [0.25, 0.3) is 10.9 Å². The van der Waals surface area contributed by atoms with Gasteiger partial charge < -0.3 is 9.72 Å². The molecule has 0 saturated carbocycles. The molecule has 25 heavy (non-hydrogen) atoms. The lowest BCUT2D eigenvalue weighted by Gasteiger charge is -2.35. The van der Waals surface area contributed by atoms with Crippen molar-refractivity contribution in [3.8, 4) is 0 Å². The summed E-state index contributed by atoms with van der Waals surface area (Å²) in [5.41, 5.74) is 2.88. The van der Waals surface area contributed by atoms with Crippen molar-refractivity contribution in [1.29, 1.82) is 0 Å². The normalized spacial score (nSPS) is 22.7. The van der Waals surface area contributed by atoms with Gasteiger partial charge in [0.25, 0.3) is 0 Å². The number of aromatic amines is 1. The molecule has 134 valence electrons. The number of carbonyl (C=O) groups excluding carboxylic acids is 1. The summed E-state index contributed by atoms with van der Waals surface area (Å²) in [6.45, 7) is 8.44. The van der Waals surface area contributed by atoms with Crippen LogP contribution in [0.5, 0.6) is 0 Å². The Labute approximate surface area is 148 Å². The first kappa shape index (κ1) is 16.8. The number of fused-ring (bicyclic) bond motifs is 1. The third-order valence-corrected chi connectivity index (χ3v) is 5.49. The summed E-state index contributed by atoms with van der Waals surface area (Å²) >= 11 is 0. The number of ketones is 1. The van der Waals surface area contributed by atoms with Crippen molar-refractivity contribution in [3.05, 3.63) is 35.5 Å². The van der Waals surface area contributed by atoms with Gasteiger partial charge in [-0.1, -0.05) is 18.2 Å². The molecule has 1 atom stereocenters. The average molecular weight is 341 g/mol. The van der Waals surface area contributed by atoms with Crippen molar-refractivity contribution in [2.75, 3.05) is 45.9 Å². The second-order valence-corrected chi connectivity index (χ2v) is 7.31. The smallest absolute Gasteiger partial charge is 0.179 e. The lowest BCUT2D eigenvalue weighted by atomic mass is 10.1. The fourth-order valence-electron chi connectivity index (χ4n) is 4.12. The first-order valence-corrected chi connectivity index (χ1v) is 9.37. The summed E-state index contributed by atoms with van der Waals surface area (Å²) in [5, 5.41) is 1.04. The molecule has 2 aliphatic heterocycles. The topological polar surface area (TPSA) is 48.6 Å². The van der Waals surface area contributed by atoms with Crippen LogP contribution >= 0.6 is 0 Å². The highest BCUT2D eigenvalue weighted by Gasteiger charge is 2.25. The minimum Gasteiger partial charge on any atom is -0.377 e. The number of Topliss-reactive ketones (excluding diaryl/α,β-unsaturated/α-hetero) is 1. The number of aryl methyl sites for hydroxylation is 1. The quantitative estimate of drug-likeness (QED) is 0.849. The number of piperazine rings is 1. The molecule has 2 aromatic rings. The van der Waals surface area contributed by atoms with Crippen molar-refractivity contribution < 1.29 is 9.53 Å². The lowest BCUT2D eigenvalue weighted by molar-refractivity contribution is 0.0491. The number of ether oxygens (including phenoxy) is 1. The Balaban J connectivity index is 1.35. The van der Waals surface area contributed by atoms with Gasteiger partial charge in [-0.15, -0.1) is 0 Å². The highest BCUT2D eigenvalue weighted by molar-refractivity contribution is 6.10. The van der Waals surface area contributed by atoms with Crippen LogP contribution in [0.1, 0.15) is 28.9 Å². The van der Waals surface area contributed by atoms with Gasteiger partial charge in [-0.05, 0) is 25.8 Å². The third-order valence-electron chi connectivity index (χ3n) is 5.49. The van der Waals surface area contributed by atoms with E-state index in [9.17, 15) is 4.79 Å². The molecule has 4 rings (SSSR count). The van der Waals surface area contributed by atoms with Crippen LogP contribution in [0.4, 0.5) is 0 Å². The summed E-state index contributed by atoms with van der Waals surface area (Å²) in [7, 11) is 0. The van der Waals surface area contributed by atoms with Gasteiger partial charge >= 0.3 is 0 Å². The molecule has 0 radical (unpaired) electrons. The van der Waals surface area contributed by atoms with E-state index in [2.05, 4.69) is 14.8 Å². The minimum absolute atomic E-state index is 0.225. The molecule has 5 nitrogen and oxygen atoms in total. The zero-order valence-corrected chi connectivity index (χ0v) is 15.0. The maximum Gasteiger partial charge on any atom is 0.179 e. The zero-order valence-electron chi connectivity index (χ0n) is 15.0. The molecule has 2 fully saturated rings. The molecule has 0 bridgehead atoms. The number of carbonyl (C=O) groups is 1. The lowest BCUT2D eigenvalue weighted by Crippen LogP contribution is -2.49. The second kappa shape index (κ2) is 7.28. The number of H-pyrrole nitrogens is 1. The molecular weight excluding hydrogens is 314 g/mol. The molecule has 3 heterocycles. The van der Waals surface area contributed by atoms with Gasteiger partial charge in [-0.3, -0.25) is 14.6 Å². The van der Waals surface area contributed by atoms with Crippen molar-refractivity contribution in [2.45, 2.75) is 25.9 Å². The Hall–Kier alpha value is -1.69. The van der Waals surface area contributed by atoms with Crippen LogP contribution in [0.15, 0.2) is 24.3 Å². The van der Waals surface area contributed by atoms with E-state index >= 15 is 0 Å². The summed E-state index contributed by atoms with van der Waals surface area (Å²) in [5.74, 6) is 0.225. The standard InChI is InChI=1S/C20H27N3O2/c1-15-20(17-6-2-3-7-18(17)21-15)19(24)14-23-10-8-22(9-11-23)13-16-5-4-12-25-16/h2-3,6-7,16,21H,4-5,8-14H2,1H3/t16-/m1/s1. The van der Waals surface area contributed by atoms with E-state index in [-0.39, 0.29) is 5.78 Å². The van der Waals surface area contributed by atoms with Crippen LogP contribution in [0.3, 0.4) is 0 Å². The highest BCUT2D eigenvalue weighted by Crippen LogP contribution is 2.23. The number of hydrogen-bond acceptors (Lipinski definition) is 4. The predicted octanol–water partition coefficient (Wildman–Crippen LogP) is 2.46. The fraction of sp³-hybridized carbons (Fsp3) is 0.550. The van der Waals surface area contributed by atoms with Gasteiger partial charge in [-0.2, -0.15) is 0 Å². The predicted molar refractivity (Wildman–Crippen MR) is 99.2 cm³/mol. The van der Waals surface area contributed by atoms with Crippen molar-refractivity contribution in [2.24, 2.45) is 0 Å². The highest BCUT2D eigenvalue weighted by atomic mass is 16.5. The number of benzene rings is 1. The van der Waals surface area contributed by atoms with Gasteiger partial charge in [0.05, 0.1) is 12.6 Å². The molecule has 0 aliphatic carbocycles. The first-order valence-electron chi connectivity index (χ1n) is 9.37. The van der Waals surface area contributed by atoms with Crippen molar-refractivity contribution in [3.63, 3.8) is 0 Å². The average Bonchev–Trinajstić information content (AvgIpc) is 3.23. The Morgan fingerprint density at radius 1 is 1.20 bits per heavy atom. The van der Waals surface area contributed by atoms with Crippen LogP contribution in [-0.4, -0.2) is 72.5 Å². The zero-order chi connectivity index (χ0) is 17.2. The van der Waals surface area contributed by atoms with E-state index in [1.165, 1.54) is 12.8 Å². The number of aromatic nitrogens is 1. The Morgan fingerprint density at radius 3 is 2.72 bits per heavy atom. The molecule has 1 aromatic heterocycles. The number of nitrogens with zero attached hydrogens (tertiary/aromatic N) is 2. The van der Waals surface area contributed by atoms with Crippen LogP contribution in [-0.2, 0) is 4.74 Å². The van der Waals surface area contributed by atoms with E-state index in [4.69, 9.17) is 4.74 Å². The third kappa shape index (κ3) is 3.64. The minimum atomic E-state index is 0.225. The molecule has 0 spiro atoms. The Bertz CT molecular complexity index is 740. The Kier molecular flexibility index (Phi) is 4.88. The van der Waals surface area contributed by atoms with Crippen molar-refractivity contribution >= 4 is 16.7 Å². The number of para-hydroxylation sites is 1. The second-order valence-electron chi connectivity index (χ2n) is 7.31. The largest absolute Gasteiger partial charge is 0.377 e. The van der Waals surface area contributed by atoms with E-state index < -0.39 is 0 Å². The molecular formula is C20H27N3O2. The van der Waals surface area contributed by atoms with Gasteiger partial charge in [0.2, 0.25) is 0 Å². The van der Waals surface area contributed by atoms with E-state index in [0.29, 0.717) is 12.6 Å². The molecule has 1 aromatic carbocycles. The molecule has 0 unspecified atom stereocenters. The molecule has 2 aliphatic rings. The van der Waals surface area contributed by atoms with Gasteiger partial charge in [-0.25, -0.2) is 0 Å². The van der Waals surface area contributed by atoms with E-state index in [0.717, 1.165) is 61.5 Å². The van der Waals surface area contributed by atoms with Gasteiger partial charge in [0.1, 0.15) is 0 Å². The summed E-state index contributed by atoms with van der Waals surface area (Å²) < 4.78 is 5.74.